The first-order valence-electron chi connectivity index (χ1n) is 7.16. The smallest absolute Gasteiger partial charge is 0.276 e. The number of ether oxygens (including phenoxy) is 1. The van der Waals surface area contributed by atoms with Crippen LogP contribution in [-0.2, 0) is 9.59 Å². The lowest BCUT2D eigenvalue weighted by atomic mass is 10.2. The molecule has 2 N–H and O–H groups in total. The van der Waals surface area contributed by atoms with E-state index >= 15 is 0 Å². The number of halogens is 1. The van der Waals surface area contributed by atoms with Gasteiger partial charge in [-0.05, 0) is 55.8 Å². The summed E-state index contributed by atoms with van der Waals surface area (Å²) < 4.78 is 11.6. The van der Waals surface area contributed by atoms with Crippen LogP contribution >= 0.6 is 15.9 Å². The molecule has 2 aromatic rings. The molecule has 1 aromatic carbocycles. The number of benzene rings is 1. The number of amides is 2. The Bertz CT molecular complexity index is 768. The molecular formula is C17H17BrN2O4. The fourth-order valence-corrected chi connectivity index (χ4v) is 2.01. The molecule has 0 aliphatic heterocycles. The van der Waals surface area contributed by atoms with Gasteiger partial charge in [-0.3, -0.25) is 20.4 Å². The molecule has 0 bridgehead atoms. The van der Waals surface area contributed by atoms with E-state index in [2.05, 4.69) is 26.8 Å². The van der Waals surface area contributed by atoms with Gasteiger partial charge in [0, 0.05) is 10.5 Å². The van der Waals surface area contributed by atoms with Crippen molar-refractivity contribution in [3.05, 3.63) is 58.0 Å². The maximum Gasteiger partial charge on any atom is 0.276 e. The Morgan fingerprint density at radius 2 is 2.00 bits per heavy atom. The molecule has 0 saturated heterocycles. The van der Waals surface area contributed by atoms with E-state index in [1.165, 1.54) is 12.2 Å². The minimum Gasteiger partial charge on any atom is -0.484 e. The van der Waals surface area contributed by atoms with Gasteiger partial charge >= 0.3 is 0 Å². The molecular weight excluding hydrogens is 376 g/mol. The summed E-state index contributed by atoms with van der Waals surface area (Å²) >= 11 is 3.39. The minimum absolute atomic E-state index is 0.206. The lowest BCUT2D eigenvalue weighted by Crippen LogP contribution is -2.43. The van der Waals surface area contributed by atoms with E-state index in [4.69, 9.17) is 9.15 Å². The molecule has 0 fully saturated rings. The Balaban J connectivity index is 1.73. The summed E-state index contributed by atoms with van der Waals surface area (Å²) in [6, 6.07) is 8.93. The van der Waals surface area contributed by atoms with Crippen LogP contribution in [-0.4, -0.2) is 18.4 Å². The standard InChI is InChI=1S/C17H17BrN2O4/c1-11-9-14(5-7-15(11)18)23-10-17(22)20-19-16(21)8-6-13-4-3-12(2)24-13/h3-9H,10H2,1-2H3,(H,19,21)(H,20,22)/b8-6+. The third-order valence-electron chi connectivity index (χ3n) is 2.98. The molecule has 126 valence electrons. The molecule has 0 aliphatic carbocycles. The summed E-state index contributed by atoms with van der Waals surface area (Å²) in [6.45, 7) is 3.52. The lowest BCUT2D eigenvalue weighted by molar-refractivity contribution is -0.128. The third kappa shape index (κ3) is 5.58. The second-order valence-corrected chi connectivity index (χ2v) is 5.87. The summed E-state index contributed by atoms with van der Waals surface area (Å²) in [5.74, 6) is 0.944. The molecule has 2 amide bonds. The highest BCUT2D eigenvalue weighted by Crippen LogP contribution is 2.21. The molecule has 1 aromatic heterocycles. The van der Waals surface area contributed by atoms with Crippen LogP contribution in [0.25, 0.3) is 6.08 Å². The van der Waals surface area contributed by atoms with Gasteiger partial charge in [-0.15, -0.1) is 0 Å². The topological polar surface area (TPSA) is 80.6 Å². The van der Waals surface area contributed by atoms with Crippen molar-refractivity contribution in [1.29, 1.82) is 0 Å². The van der Waals surface area contributed by atoms with Crippen molar-refractivity contribution in [2.75, 3.05) is 6.61 Å². The van der Waals surface area contributed by atoms with Crippen molar-refractivity contribution in [2.24, 2.45) is 0 Å². The molecule has 2 rings (SSSR count). The molecule has 24 heavy (non-hydrogen) atoms. The van der Waals surface area contributed by atoms with Gasteiger partial charge in [0.1, 0.15) is 17.3 Å². The summed E-state index contributed by atoms with van der Waals surface area (Å²) in [5, 5.41) is 0. The SMILES string of the molecule is Cc1ccc(/C=C/C(=O)NNC(=O)COc2ccc(Br)c(C)c2)o1. The van der Waals surface area contributed by atoms with Crippen LogP contribution in [0.3, 0.4) is 0 Å². The summed E-state index contributed by atoms with van der Waals surface area (Å²) in [7, 11) is 0. The van der Waals surface area contributed by atoms with E-state index in [0.717, 1.165) is 15.8 Å². The van der Waals surface area contributed by atoms with E-state index in [9.17, 15) is 9.59 Å². The van der Waals surface area contributed by atoms with E-state index < -0.39 is 11.8 Å². The molecule has 0 radical (unpaired) electrons. The molecule has 0 unspecified atom stereocenters. The minimum atomic E-state index is -0.475. The maximum absolute atomic E-state index is 11.6. The van der Waals surface area contributed by atoms with Gasteiger partial charge in [-0.2, -0.15) is 0 Å². The van der Waals surface area contributed by atoms with Gasteiger partial charge in [0.05, 0.1) is 0 Å². The first-order chi connectivity index (χ1) is 11.4. The summed E-state index contributed by atoms with van der Waals surface area (Å²) in [6.07, 6.45) is 2.77. The van der Waals surface area contributed by atoms with Gasteiger partial charge in [0.25, 0.3) is 11.8 Å². The Kier molecular flexibility index (Phi) is 6.20. The number of carbonyl (C=O) groups is 2. The zero-order valence-corrected chi connectivity index (χ0v) is 14.8. The van der Waals surface area contributed by atoms with Crippen molar-refractivity contribution < 1.29 is 18.7 Å². The second kappa shape index (κ2) is 8.35. The number of aryl methyl sites for hydroxylation is 2. The largest absolute Gasteiger partial charge is 0.484 e. The van der Waals surface area contributed by atoms with E-state index in [1.54, 1.807) is 18.2 Å². The van der Waals surface area contributed by atoms with Crippen LogP contribution in [0.1, 0.15) is 17.1 Å². The number of nitrogens with one attached hydrogen (secondary N) is 2. The first-order valence-corrected chi connectivity index (χ1v) is 7.95. The number of carbonyl (C=O) groups excluding carboxylic acids is 2. The zero-order valence-electron chi connectivity index (χ0n) is 13.3. The average Bonchev–Trinajstić information content (AvgIpc) is 2.97. The quantitative estimate of drug-likeness (QED) is 0.605. The number of furan rings is 1. The van der Waals surface area contributed by atoms with Crippen LogP contribution in [0.4, 0.5) is 0 Å². The van der Waals surface area contributed by atoms with Crippen molar-refractivity contribution in [2.45, 2.75) is 13.8 Å². The Morgan fingerprint density at radius 3 is 2.67 bits per heavy atom. The van der Waals surface area contributed by atoms with E-state index in [1.807, 2.05) is 26.0 Å². The predicted molar refractivity (Wildman–Crippen MR) is 93.1 cm³/mol. The van der Waals surface area contributed by atoms with Crippen LogP contribution in [0.15, 0.2) is 45.3 Å². The maximum atomic E-state index is 11.6. The molecule has 7 heteroatoms. The van der Waals surface area contributed by atoms with Crippen molar-refractivity contribution in [3.63, 3.8) is 0 Å². The zero-order chi connectivity index (χ0) is 17.5. The van der Waals surface area contributed by atoms with Gasteiger partial charge < -0.3 is 9.15 Å². The first kappa shape index (κ1) is 17.8. The monoisotopic (exact) mass is 392 g/mol. The fourth-order valence-electron chi connectivity index (χ4n) is 1.77. The lowest BCUT2D eigenvalue weighted by Gasteiger charge is -2.08. The van der Waals surface area contributed by atoms with Crippen molar-refractivity contribution >= 4 is 33.8 Å². The molecule has 0 atom stereocenters. The second-order valence-electron chi connectivity index (χ2n) is 5.02. The highest BCUT2D eigenvalue weighted by atomic mass is 79.9. The normalized spacial score (nSPS) is 10.6. The van der Waals surface area contributed by atoms with Crippen LogP contribution < -0.4 is 15.6 Å². The molecule has 1 heterocycles. The molecule has 0 aliphatic rings. The molecule has 0 spiro atoms. The van der Waals surface area contributed by atoms with E-state index in [-0.39, 0.29) is 6.61 Å². The number of hydrogen-bond donors (Lipinski definition) is 2. The van der Waals surface area contributed by atoms with Gasteiger partial charge in [-0.25, -0.2) is 0 Å². The Morgan fingerprint density at radius 1 is 1.21 bits per heavy atom. The predicted octanol–water partition coefficient (Wildman–Crippen LogP) is 2.90. The average molecular weight is 393 g/mol. The highest BCUT2D eigenvalue weighted by Gasteiger charge is 2.05. The molecule has 6 nitrogen and oxygen atoms in total. The third-order valence-corrected chi connectivity index (χ3v) is 3.87. The number of rotatable bonds is 5. The number of hydrazine groups is 1. The summed E-state index contributed by atoms with van der Waals surface area (Å²) in [5.41, 5.74) is 5.53. The van der Waals surface area contributed by atoms with Gasteiger partial charge in [0.15, 0.2) is 6.61 Å². The van der Waals surface area contributed by atoms with Crippen LogP contribution in [0, 0.1) is 13.8 Å². The van der Waals surface area contributed by atoms with Crippen LogP contribution in [0.5, 0.6) is 5.75 Å². The van der Waals surface area contributed by atoms with Gasteiger partial charge in [0.2, 0.25) is 0 Å². The van der Waals surface area contributed by atoms with Crippen LogP contribution in [0.2, 0.25) is 0 Å². The van der Waals surface area contributed by atoms with Crippen molar-refractivity contribution in [3.8, 4) is 5.75 Å². The Labute approximate surface area is 148 Å². The summed E-state index contributed by atoms with van der Waals surface area (Å²) in [4.78, 5) is 23.2. The van der Waals surface area contributed by atoms with Gasteiger partial charge in [-0.1, -0.05) is 15.9 Å². The van der Waals surface area contributed by atoms with E-state index in [0.29, 0.717) is 11.5 Å². The highest BCUT2D eigenvalue weighted by molar-refractivity contribution is 9.10. The van der Waals surface area contributed by atoms with Crippen molar-refractivity contribution in [1.82, 2.24) is 10.9 Å². The Hall–Kier alpha value is -2.54. The number of hydrogen-bond acceptors (Lipinski definition) is 4. The molecule has 0 saturated carbocycles. The fraction of sp³-hybridized carbons (Fsp3) is 0.176.